The second-order valence-electron chi connectivity index (χ2n) is 6.56. The van der Waals surface area contributed by atoms with E-state index in [0.717, 1.165) is 0 Å². The fourth-order valence-electron chi connectivity index (χ4n) is 2.80. The van der Waals surface area contributed by atoms with Crippen LogP contribution in [0.4, 0.5) is 10.1 Å². The molecule has 0 aliphatic carbocycles. The summed E-state index contributed by atoms with van der Waals surface area (Å²) in [5.74, 6) is 1.34. The molecule has 174 valence electrons. The number of anilines is 1. The zero-order valence-corrected chi connectivity index (χ0v) is 19.6. The van der Waals surface area contributed by atoms with Crippen molar-refractivity contribution in [2.75, 3.05) is 25.3 Å². The number of hydrogen-bond donors (Lipinski definition) is 1. The maximum Gasteiger partial charge on any atom is 0.234 e. The molecule has 8 nitrogen and oxygen atoms in total. The number of thioether (sulfide) groups is 1. The fraction of sp³-hybridized carbons (Fsp3) is 0.227. The van der Waals surface area contributed by atoms with Crippen LogP contribution in [0, 0.1) is 5.82 Å². The van der Waals surface area contributed by atoms with E-state index in [0.29, 0.717) is 40.5 Å². The van der Waals surface area contributed by atoms with Crippen molar-refractivity contribution in [1.82, 2.24) is 14.8 Å². The van der Waals surface area contributed by atoms with Crippen LogP contribution in [0.3, 0.4) is 0 Å². The van der Waals surface area contributed by atoms with E-state index in [4.69, 9.17) is 25.8 Å². The number of nitrogens with one attached hydrogen (secondary N) is 1. The Labute approximate surface area is 199 Å². The molecule has 0 bridgehead atoms. The molecule has 1 aromatic heterocycles. The van der Waals surface area contributed by atoms with Crippen LogP contribution in [-0.4, -0.2) is 40.6 Å². The van der Waals surface area contributed by atoms with Crippen molar-refractivity contribution in [2.24, 2.45) is 0 Å². The molecule has 0 saturated carbocycles. The Hall–Kier alpha value is -3.24. The molecule has 3 aromatic rings. The van der Waals surface area contributed by atoms with Crippen molar-refractivity contribution in [1.29, 1.82) is 0 Å². The molecule has 0 radical (unpaired) electrons. The Bertz CT molecular complexity index is 1140. The minimum Gasteiger partial charge on any atom is -0.497 e. The number of methoxy groups -OCH3 is 2. The molecule has 1 amide bonds. The molecule has 0 unspecified atom stereocenters. The maximum absolute atomic E-state index is 13.2. The van der Waals surface area contributed by atoms with Crippen LogP contribution in [0.1, 0.15) is 5.82 Å². The van der Waals surface area contributed by atoms with E-state index in [1.165, 1.54) is 37.1 Å². The molecular weight excluding hydrogens is 471 g/mol. The van der Waals surface area contributed by atoms with Gasteiger partial charge in [0, 0.05) is 12.6 Å². The predicted octanol–water partition coefficient (Wildman–Crippen LogP) is 4.58. The summed E-state index contributed by atoms with van der Waals surface area (Å²) in [5.41, 5.74) is 0.529. The molecule has 0 spiro atoms. The predicted molar refractivity (Wildman–Crippen MR) is 125 cm³/mol. The molecule has 1 N–H and O–H groups in total. The largest absolute Gasteiger partial charge is 0.497 e. The van der Waals surface area contributed by atoms with E-state index in [1.54, 1.807) is 36.0 Å². The third-order valence-electron chi connectivity index (χ3n) is 4.37. The van der Waals surface area contributed by atoms with Crippen molar-refractivity contribution in [3.8, 4) is 17.2 Å². The van der Waals surface area contributed by atoms with Crippen molar-refractivity contribution in [3.05, 3.63) is 65.7 Å². The van der Waals surface area contributed by atoms with Gasteiger partial charge in [0.25, 0.3) is 0 Å². The molecular formula is C22H22ClFN4O4S. The Morgan fingerprint density at radius 1 is 1.21 bits per heavy atom. The molecule has 3 rings (SSSR count). The van der Waals surface area contributed by atoms with Crippen molar-refractivity contribution < 1.29 is 23.4 Å². The number of allylic oxidation sites excluding steroid dienone is 1. The highest BCUT2D eigenvalue weighted by atomic mass is 35.5. The number of aromatic nitrogens is 3. The number of hydrogen-bond acceptors (Lipinski definition) is 7. The van der Waals surface area contributed by atoms with Gasteiger partial charge >= 0.3 is 0 Å². The molecule has 0 aliphatic rings. The lowest BCUT2D eigenvalue weighted by molar-refractivity contribution is -0.113. The van der Waals surface area contributed by atoms with Gasteiger partial charge in [-0.25, -0.2) is 4.39 Å². The molecule has 0 fully saturated rings. The topological polar surface area (TPSA) is 87.5 Å². The van der Waals surface area contributed by atoms with E-state index in [-0.39, 0.29) is 23.3 Å². The highest BCUT2D eigenvalue weighted by molar-refractivity contribution is 7.99. The van der Waals surface area contributed by atoms with Gasteiger partial charge in [-0.3, -0.25) is 9.36 Å². The van der Waals surface area contributed by atoms with Gasteiger partial charge in [-0.1, -0.05) is 29.4 Å². The minimum absolute atomic E-state index is 0.0575. The summed E-state index contributed by atoms with van der Waals surface area (Å²) >= 11 is 7.22. The summed E-state index contributed by atoms with van der Waals surface area (Å²) in [5, 5.41) is 11.8. The molecule has 0 aliphatic heterocycles. The minimum atomic E-state index is -0.452. The van der Waals surface area contributed by atoms with Crippen LogP contribution in [-0.2, 0) is 17.9 Å². The van der Waals surface area contributed by atoms with Gasteiger partial charge in [0.2, 0.25) is 5.91 Å². The van der Waals surface area contributed by atoms with Crippen LogP contribution >= 0.6 is 23.4 Å². The Morgan fingerprint density at radius 3 is 2.73 bits per heavy atom. The van der Waals surface area contributed by atoms with E-state index in [1.807, 2.05) is 0 Å². The average molecular weight is 493 g/mol. The van der Waals surface area contributed by atoms with Gasteiger partial charge in [-0.15, -0.1) is 16.8 Å². The van der Waals surface area contributed by atoms with Crippen molar-refractivity contribution in [3.63, 3.8) is 0 Å². The molecule has 0 atom stereocenters. The number of carbonyl (C=O) groups excluding carboxylic acids is 1. The van der Waals surface area contributed by atoms with Gasteiger partial charge in [-0.05, 0) is 30.3 Å². The number of halogens is 2. The monoisotopic (exact) mass is 492 g/mol. The first-order valence-electron chi connectivity index (χ1n) is 9.70. The van der Waals surface area contributed by atoms with Crippen molar-refractivity contribution >= 4 is 35.0 Å². The maximum atomic E-state index is 13.2. The third-order valence-corrected chi connectivity index (χ3v) is 5.63. The zero-order valence-electron chi connectivity index (χ0n) is 18.0. The van der Waals surface area contributed by atoms with E-state index < -0.39 is 5.82 Å². The van der Waals surface area contributed by atoms with Crippen molar-refractivity contribution in [2.45, 2.75) is 18.3 Å². The number of amides is 1. The summed E-state index contributed by atoms with van der Waals surface area (Å²) < 4.78 is 31.1. The molecule has 2 aromatic carbocycles. The average Bonchev–Trinajstić information content (AvgIpc) is 3.19. The van der Waals surface area contributed by atoms with E-state index in [9.17, 15) is 9.18 Å². The van der Waals surface area contributed by atoms with Gasteiger partial charge in [-0.2, -0.15) is 0 Å². The zero-order chi connectivity index (χ0) is 23.8. The highest BCUT2D eigenvalue weighted by Crippen LogP contribution is 2.30. The summed E-state index contributed by atoms with van der Waals surface area (Å²) in [4.78, 5) is 12.5. The normalized spacial score (nSPS) is 10.5. The second kappa shape index (κ2) is 11.6. The molecule has 11 heteroatoms. The van der Waals surface area contributed by atoms with Crippen LogP contribution in [0.2, 0.25) is 5.02 Å². The molecule has 1 heterocycles. The summed E-state index contributed by atoms with van der Waals surface area (Å²) in [7, 11) is 3.07. The Kier molecular flexibility index (Phi) is 8.56. The number of rotatable bonds is 11. The SMILES string of the molecule is C=CCn1c(COc2ccc(F)cc2Cl)nnc1SCC(=O)Nc1ccc(OC)cc1OC. The van der Waals surface area contributed by atoms with E-state index in [2.05, 4.69) is 22.1 Å². The smallest absolute Gasteiger partial charge is 0.234 e. The first kappa shape index (κ1) is 24.4. The third kappa shape index (κ3) is 6.39. The standard InChI is InChI=1S/C22H22ClFN4O4S/c1-4-9-28-20(12-32-18-8-5-14(24)10-16(18)23)26-27-22(28)33-13-21(29)25-17-7-6-15(30-2)11-19(17)31-3/h4-8,10-11H,1,9,12-13H2,2-3H3,(H,25,29). The van der Waals surface area contributed by atoms with Gasteiger partial charge in [0.05, 0.1) is 30.7 Å². The highest BCUT2D eigenvalue weighted by Gasteiger charge is 2.16. The number of carbonyl (C=O) groups is 1. The van der Waals surface area contributed by atoms with Crippen LogP contribution in [0.15, 0.2) is 54.2 Å². The lowest BCUT2D eigenvalue weighted by Gasteiger charge is -2.12. The van der Waals surface area contributed by atoms with Gasteiger partial charge in [0.15, 0.2) is 11.0 Å². The van der Waals surface area contributed by atoms with Crippen LogP contribution < -0.4 is 19.5 Å². The lowest BCUT2D eigenvalue weighted by Crippen LogP contribution is -2.15. The van der Waals surface area contributed by atoms with Gasteiger partial charge in [0.1, 0.15) is 29.7 Å². The fourth-order valence-corrected chi connectivity index (χ4v) is 3.79. The number of ether oxygens (including phenoxy) is 3. The Balaban J connectivity index is 1.64. The first-order chi connectivity index (χ1) is 15.9. The summed E-state index contributed by atoms with van der Waals surface area (Å²) in [6.07, 6.45) is 1.68. The second-order valence-corrected chi connectivity index (χ2v) is 7.91. The summed E-state index contributed by atoms with van der Waals surface area (Å²) in [6, 6.07) is 8.99. The summed E-state index contributed by atoms with van der Waals surface area (Å²) in [6.45, 7) is 4.22. The first-order valence-corrected chi connectivity index (χ1v) is 11.1. The molecule has 33 heavy (non-hydrogen) atoms. The van der Waals surface area contributed by atoms with E-state index >= 15 is 0 Å². The van der Waals surface area contributed by atoms with Crippen LogP contribution in [0.5, 0.6) is 17.2 Å². The molecule has 0 saturated heterocycles. The number of benzene rings is 2. The Morgan fingerprint density at radius 2 is 2.03 bits per heavy atom. The van der Waals surface area contributed by atoms with Gasteiger partial charge < -0.3 is 19.5 Å². The lowest BCUT2D eigenvalue weighted by atomic mass is 10.2. The van der Waals surface area contributed by atoms with Crippen LogP contribution in [0.25, 0.3) is 0 Å². The number of nitrogens with zero attached hydrogens (tertiary/aromatic N) is 3. The quantitative estimate of drug-likeness (QED) is 0.309.